The quantitative estimate of drug-likeness (QED) is 0.230. The van der Waals surface area contributed by atoms with E-state index in [1.165, 1.54) is 31.4 Å². The second-order valence-corrected chi connectivity index (χ2v) is 9.07. The molecule has 10 heteroatoms. The molecule has 4 atom stereocenters. The number of carbonyl (C=O) groups is 3. The van der Waals surface area contributed by atoms with E-state index in [1.807, 2.05) is 24.3 Å². The highest BCUT2D eigenvalue weighted by Gasteiger charge is 2.65. The number of amides is 2. The lowest BCUT2D eigenvalue weighted by Gasteiger charge is -2.33. The van der Waals surface area contributed by atoms with Crippen LogP contribution in [0.5, 0.6) is 5.75 Å². The van der Waals surface area contributed by atoms with Crippen LogP contribution in [0, 0.1) is 22.0 Å². The van der Waals surface area contributed by atoms with Crippen molar-refractivity contribution in [3.8, 4) is 5.75 Å². The molecule has 0 aliphatic carbocycles. The highest BCUT2D eigenvalue weighted by molar-refractivity contribution is 6.24. The van der Waals surface area contributed by atoms with Gasteiger partial charge in [-0.05, 0) is 47.5 Å². The SMILES string of the molecule is COc1ccc(C(=O)[C@H]2[C@H]3C(=O)N(c4ccc([N+](=O)[O-])cc4)C(=O)[C@H]3[C@@H]3c4ccccc4C=NN23)cc1. The number of hydrogen-bond acceptors (Lipinski definition) is 8. The fraction of sp³-hybridized carbons (Fsp3) is 0.185. The molecule has 10 nitrogen and oxygen atoms in total. The number of nitrogens with zero attached hydrogens (tertiary/aromatic N) is 4. The van der Waals surface area contributed by atoms with Gasteiger partial charge in [0.15, 0.2) is 5.78 Å². The van der Waals surface area contributed by atoms with Gasteiger partial charge in [0.1, 0.15) is 11.8 Å². The Morgan fingerprint density at radius 1 is 0.946 bits per heavy atom. The third kappa shape index (κ3) is 3.33. The van der Waals surface area contributed by atoms with Crippen molar-refractivity contribution in [3.05, 3.63) is 99.6 Å². The fourth-order valence-electron chi connectivity index (χ4n) is 5.57. The molecule has 0 saturated carbocycles. The molecule has 3 aromatic carbocycles. The lowest BCUT2D eigenvalue weighted by Crippen LogP contribution is -2.44. The smallest absolute Gasteiger partial charge is 0.269 e. The number of imide groups is 1. The Morgan fingerprint density at radius 2 is 1.62 bits per heavy atom. The molecule has 2 amide bonds. The van der Waals surface area contributed by atoms with Crippen LogP contribution in [0.15, 0.2) is 77.9 Å². The minimum atomic E-state index is -1.01. The highest BCUT2D eigenvalue weighted by Crippen LogP contribution is 2.53. The number of hydrogen-bond donors (Lipinski definition) is 0. The van der Waals surface area contributed by atoms with Crippen molar-refractivity contribution in [3.63, 3.8) is 0 Å². The molecule has 0 unspecified atom stereocenters. The van der Waals surface area contributed by atoms with Crippen LogP contribution >= 0.6 is 0 Å². The van der Waals surface area contributed by atoms with E-state index in [1.54, 1.807) is 35.5 Å². The Balaban J connectivity index is 1.45. The van der Waals surface area contributed by atoms with Crippen LogP contribution < -0.4 is 9.64 Å². The topological polar surface area (TPSA) is 122 Å². The van der Waals surface area contributed by atoms with Crippen molar-refractivity contribution in [1.82, 2.24) is 5.01 Å². The Hall–Kier alpha value is -4.86. The number of fused-ring (bicyclic) bond motifs is 5. The summed E-state index contributed by atoms with van der Waals surface area (Å²) in [5.41, 5.74) is 2.06. The van der Waals surface area contributed by atoms with Crippen molar-refractivity contribution >= 4 is 35.2 Å². The summed E-state index contributed by atoms with van der Waals surface area (Å²) in [4.78, 5) is 53.1. The van der Waals surface area contributed by atoms with Gasteiger partial charge in [-0.1, -0.05) is 24.3 Å². The largest absolute Gasteiger partial charge is 0.497 e. The Bertz CT molecular complexity index is 1480. The first-order valence-electron chi connectivity index (χ1n) is 11.6. The number of ether oxygens (including phenoxy) is 1. The van der Waals surface area contributed by atoms with E-state index < -0.39 is 40.7 Å². The Labute approximate surface area is 210 Å². The number of anilines is 1. The predicted octanol–water partition coefficient (Wildman–Crippen LogP) is 3.36. The molecule has 0 bridgehead atoms. The van der Waals surface area contributed by atoms with Crippen LogP contribution in [0.2, 0.25) is 0 Å². The molecular formula is C27H20N4O6. The lowest BCUT2D eigenvalue weighted by molar-refractivity contribution is -0.384. The number of nitro benzene ring substituents is 1. The van der Waals surface area contributed by atoms with Gasteiger partial charge in [0, 0.05) is 17.7 Å². The van der Waals surface area contributed by atoms with Crippen molar-refractivity contribution in [2.24, 2.45) is 16.9 Å². The summed E-state index contributed by atoms with van der Waals surface area (Å²) in [6, 6.07) is 17.7. The number of ketones is 1. The summed E-state index contributed by atoms with van der Waals surface area (Å²) in [7, 11) is 1.53. The minimum absolute atomic E-state index is 0.155. The molecule has 3 heterocycles. The number of nitro groups is 1. The number of Topliss-reactive ketones (excluding diaryl/α,β-unsaturated/α-hetero) is 1. The molecule has 37 heavy (non-hydrogen) atoms. The molecule has 3 aliphatic heterocycles. The van der Waals surface area contributed by atoms with E-state index >= 15 is 0 Å². The van der Waals surface area contributed by atoms with Gasteiger partial charge in [0.05, 0.1) is 41.8 Å². The van der Waals surface area contributed by atoms with E-state index in [0.29, 0.717) is 11.3 Å². The number of methoxy groups -OCH3 is 1. The number of hydrazone groups is 1. The van der Waals surface area contributed by atoms with Gasteiger partial charge in [-0.3, -0.25) is 29.5 Å². The van der Waals surface area contributed by atoms with Crippen LogP contribution in [0.25, 0.3) is 0 Å². The van der Waals surface area contributed by atoms with Gasteiger partial charge in [0.2, 0.25) is 11.8 Å². The summed E-state index contributed by atoms with van der Waals surface area (Å²) in [6.07, 6.45) is 1.64. The van der Waals surface area contributed by atoms with Gasteiger partial charge >= 0.3 is 0 Å². The summed E-state index contributed by atoms with van der Waals surface area (Å²) < 4.78 is 5.19. The van der Waals surface area contributed by atoms with Gasteiger partial charge in [0.25, 0.3) is 5.69 Å². The zero-order valence-electron chi connectivity index (χ0n) is 19.6. The van der Waals surface area contributed by atoms with Gasteiger partial charge in [-0.15, -0.1) is 0 Å². The van der Waals surface area contributed by atoms with Crippen LogP contribution in [-0.2, 0) is 9.59 Å². The summed E-state index contributed by atoms with van der Waals surface area (Å²) >= 11 is 0. The van der Waals surface area contributed by atoms with Gasteiger partial charge < -0.3 is 4.74 Å². The van der Waals surface area contributed by atoms with Crippen molar-refractivity contribution in [2.45, 2.75) is 12.1 Å². The summed E-state index contributed by atoms with van der Waals surface area (Å²) in [6.45, 7) is 0. The molecule has 2 saturated heterocycles. The molecule has 184 valence electrons. The van der Waals surface area contributed by atoms with Crippen LogP contribution in [0.4, 0.5) is 11.4 Å². The molecule has 0 spiro atoms. The average molecular weight is 496 g/mol. The maximum Gasteiger partial charge on any atom is 0.269 e. The molecule has 0 N–H and O–H groups in total. The van der Waals surface area contributed by atoms with E-state index in [-0.39, 0.29) is 17.2 Å². The zero-order valence-corrected chi connectivity index (χ0v) is 19.6. The van der Waals surface area contributed by atoms with Crippen molar-refractivity contribution < 1.29 is 24.0 Å². The molecular weight excluding hydrogens is 476 g/mol. The molecule has 3 aromatic rings. The maximum absolute atomic E-state index is 13.9. The monoisotopic (exact) mass is 496 g/mol. The average Bonchev–Trinajstić information content (AvgIpc) is 3.40. The Kier molecular flexibility index (Phi) is 5.11. The van der Waals surface area contributed by atoms with E-state index in [4.69, 9.17) is 4.74 Å². The molecule has 0 radical (unpaired) electrons. The first-order chi connectivity index (χ1) is 17.9. The van der Waals surface area contributed by atoms with Crippen molar-refractivity contribution in [1.29, 1.82) is 0 Å². The highest BCUT2D eigenvalue weighted by atomic mass is 16.6. The number of carbonyl (C=O) groups excluding carboxylic acids is 3. The minimum Gasteiger partial charge on any atom is -0.497 e. The van der Waals surface area contributed by atoms with Crippen molar-refractivity contribution in [2.75, 3.05) is 12.0 Å². The molecule has 0 aromatic heterocycles. The summed E-state index contributed by atoms with van der Waals surface area (Å²) in [5.74, 6) is -2.57. The fourth-order valence-corrected chi connectivity index (χ4v) is 5.57. The molecule has 2 fully saturated rings. The standard InChI is InChI=1S/C27H20N4O6/c1-37-19-12-6-15(7-13-19)25(32)24-22-21(23-20-5-3-2-4-16(20)14-28-30(23)24)26(33)29(27(22)34)17-8-10-18(11-9-17)31(35)36/h2-14,21-24H,1H3/t21-,22+,23+,24-/m1/s1. The second-order valence-electron chi connectivity index (χ2n) is 9.07. The molecule has 6 rings (SSSR count). The van der Waals surface area contributed by atoms with E-state index in [2.05, 4.69) is 5.10 Å². The first-order valence-corrected chi connectivity index (χ1v) is 11.6. The zero-order chi connectivity index (χ0) is 25.8. The third-order valence-corrected chi connectivity index (χ3v) is 7.26. The molecule has 3 aliphatic rings. The third-order valence-electron chi connectivity index (χ3n) is 7.26. The predicted molar refractivity (Wildman–Crippen MR) is 132 cm³/mol. The van der Waals surface area contributed by atoms with Crippen LogP contribution in [0.3, 0.4) is 0 Å². The maximum atomic E-state index is 13.9. The Morgan fingerprint density at radius 3 is 2.30 bits per heavy atom. The van der Waals surface area contributed by atoms with Crippen LogP contribution in [0.1, 0.15) is 27.5 Å². The van der Waals surface area contributed by atoms with Gasteiger partial charge in [-0.2, -0.15) is 5.10 Å². The number of benzene rings is 3. The number of non-ortho nitro benzene ring substituents is 1. The normalized spacial score (nSPS) is 23.5. The van der Waals surface area contributed by atoms with Gasteiger partial charge in [-0.25, -0.2) is 4.90 Å². The van der Waals surface area contributed by atoms with E-state index in [0.717, 1.165) is 16.0 Å². The summed E-state index contributed by atoms with van der Waals surface area (Å²) in [5, 5.41) is 17.2. The first kappa shape index (κ1) is 22.6. The number of rotatable bonds is 5. The lowest BCUT2D eigenvalue weighted by atomic mass is 9.83. The van der Waals surface area contributed by atoms with Crippen LogP contribution in [-0.4, -0.2) is 46.9 Å². The van der Waals surface area contributed by atoms with E-state index in [9.17, 15) is 24.5 Å². The second kappa shape index (κ2) is 8.37.